The van der Waals surface area contributed by atoms with Crippen LogP contribution < -0.4 is 0 Å². The van der Waals surface area contributed by atoms with E-state index in [0.717, 1.165) is 141 Å². The third kappa shape index (κ3) is 27.7. The molecule has 0 aromatic carbocycles. The Morgan fingerprint density at radius 1 is 0.569 bits per heavy atom. The Balaban J connectivity index is 0.000000671. The van der Waals surface area contributed by atoms with E-state index in [1.807, 2.05) is 0 Å². The lowest BCUT2D eigenvalue weighted by Gasteiger charge is -2.35. The molecule has 0 amide bonds. The Kier molecular flexibility index (Phi) is 35.7. The summed E-state index contributed by atoms with van der Waals surface area (Å²) in [6.45, 7) is 13.5. The van der Waals surface area contributed by atoms with Gasteiger partial charge in [0.25, 0.3) is 0 Å². The van der Waals surface area contributed by atoms with Gasteiger partial charge >= 0.3 is 17.9 Å². The van der Waals surface area contributed by atoms with Gasteiger partial charge in [0.05, 0.1) is 31.2 Å². The second kappa shape index (κ2) is 39.1. The van der Waals surface area contributed by atoms with Crippen LogP contribution in [0.4, 0.5) is 0 Å². The van der Waals surface area contributed by atoms with Crippen molar-refractivity contribution >= 4 is 17.9 Å². The minimum atomic E-state index is -0.566. The number of carbonyl (C=O) groups is 3. The van der Waals surface area contributed by atoms with E-state index in [-0.39, 0.29) is 36.5 Å². The zero-order valence-corrected chi connectivity index (χ0v) is 42.9. The number of ether oxygens (including phenoxy) is 4. The van der Waals surface area contributed by atoms with Crippen LogP contribution in [0.15, 0.2) is 0 Å². The van der Waals surface area contributed by atoms with Crippen LogP contribution in [0, 0.1) is 35.5 Å². The summed E-state index contributed by atoms with van der Waals surface area (Å²) in [7, 11) is 1.66. The van der Waals surface area contributed by atoms with Gasteiger partial charge in [0, 0.05) is 26.6 Å². The van der Waals surface area contributed by atoms with Gasteiger partial charge in [-0.1, -0.05) is 143 Å². The maximum absolute atomic E-state index is 12.9. The first-order valence-corrected chi connectivity index (χ1v) is 27.8. The van der Waals surface area contributed by atoms with Crippen LogP contribution in [0.25, 0.3) is 0 Å². The molecule has 2 N–H and O–H groups in total. The second-order valence-corrected chi connectivity index (χ2v) is 20.4. The van der Waals surface area contributed by atoms with Crippen molar-refractivity contribution in [3.63, 3.8) is 0 Å². The molecule has 65 heavy (non-hydrogen) atoms. The molecule has 0 radical (unpaired) electrons. The summed E-state index contributed by atoms with van der Waals surface area (Å²) in [5.41, 5.74) is 0. The summed E-state index contributed by atoms with van der Waals surface area (Å²) >= 11 is 0. The van der Waals surface area contributed by atoms with Crippen molar-refractivity contribution < 1.29 is 43.5 Å². The molecular formula is C55H103NO9. The lowest BCUT2D eigenvalue weighted by Crippen LogP contribution is -2.30. The number of aliphatic carboxylic acids is 1. The van der Waals surface area contributed by atoms with Gasteiger partial charge in [-0.15, -0.1) is 0 Å². The van der Waals surface area contributed by atoms with Crippen LogP contribution in [0.2, 0.25) is 0 Å². The molecule has 10 nitrogen and oxygen atoms in total. The Morgan fingerprint density at radius 2 is 1.12 bits per heavy atom. The first kappa shape index (κ1) is 59.4. The first-order chi connectivity index (χ1) is 31.7. The number of carbonyl (C=O) groups excluding carboxylic acids is 2. The fourth-order valence-electron chi connectivity index (χ4n) is 11.0. The lowest BCUT2D eigenvalue weighted by atomic mass is 9.70. The molecule has 0 aromatic heterocycles. The molecule has 0 spiro atoms. The van der Waals surface area contributed by atoms with E-state index in [9.17, 15) is 24.6 Å². The second-order valence-electron chi connectivity index (χ2n) is 20.4. The number of carboxylic acid groups (broad SMARTS) is 1. The monoisotopic (exact) mass is 922 g/mol. The predicted molar refractivity (Wildman–Crippen MR) is 265 cm³/mol. The summed E-state index contributed by atoms with van der Waals surface area (Å²) < 4.78 is 22.1. The van der Waals surface area contributed by atoms with E-state index in [0.29, 0.717) is 31.5 Å². The maximum Gasteiger partial charge on any atom is 0.308 e. The predicted octanol–water partition coefficient (Wildman–Crippen LogP) is 13.5. The molecule has 0 aromatic rings. The average molecular weight is 922 g/mol. The Bertz CT molecular complexity index is 1170. The molecule has 10 heteroatoms. The molecule has 3 aliphatic rings. The minimum absolute atomic E-state index is 0.0330. The molecule has 2 aliphatic carbocycles. The molecule has 3 rings (SSSR count). The molecular weight excluding hydrogens is 819 g/mol. The number of nitrogens with zero attached hydrogens (tertiary/aromatic N) is 1. The van der Waals surface area contributed by atoms with E-state index >= 15 is 0 Å². The number of methoxy groups -OCH3 is 1. The zero-order chi connectivity index (χ0) is 47.3. The number of aliphatic hydroxyl groups excluding tert-OH is 1. The third-order valence-electron chi connectivity index (χ3n) is 14.9. The van der Waals surface area contributed by atoms with Crippen LogP contribution in [-0.4, -0.2) is 92.0 Å². The Labute approximate surface area is 399 Å². The number of unbranched alkanes of at least 4 members (excludes halogenated alkanes) is 13. The van der Waals surface area contributed by atoms with Crippen molar-refractivity contribution in [2.24, 2.45) is 35.5 Å². The summed E-state index contributed by atoms with van der Waals surface area (Å²) in [6, 6.07) is 0. The van der Waals surface area contributed by atoms with E-state index in [1.165, 1.54) is 96.3 Å². The van der Waals surface area contributed by atoms with Gasteiger partial charge < -0.3 is 34.1 Å². The molecule has 1 aliphatic heterocycles. The zero-order valence-electron chi connectivity index (χ0n) is 42.9. The lowest BCUT2D eigenvalue weighted by molar-refractivity contribution is -0.177. The van der Waals surface area contributed by atoms with E-state index in [2.05, 4.69) is 32.6 Å². The molecule has 3 fully saturated rings. The Hall–Kier alpha value is -1.75. The van der Waals surface area contributed by atoms with E-state index < -0.39 is 12.3 Å². The highest BCUT2D eigenvalue weighted by atomic mass is 16.7. The highest BCUT2D eigenvalue weighted by molar-refractivity contribution is 5.72. The van der Waals surface area contributed by atoms with Crippen molar-refractivity contribution in [2.45, 2.75) is 252 Å². The summed E-state index contributed by atoms with van der Waals surface area (Å²) in [6.07, 6.45) is 36.3. The summed E-state index contributed by atoms with van der Waals surface area (Å²) in [4.78, 5) is 38.8. The number of hydrogen-bond donors (Lipinski definition) is 2. The molecule has 382 valence electrons. The fraction of sp³-hybridized carbons (Fsp3) is 0.945. The standard InChI is InChI=1S/C39H73NO7.C16H30O2/c1-4-6-7-12-20-34-31-35(23-22-33(34)19-5-2)39(43)45-30-18-11-10-15-27-40(28-16-17-29-41)26-14-9-8-13-21-37(42)47-38-25-24-36(46-38)32-44-3;1-3-5-7-9-13-10-11-15(16(17)18)12-14(13)8-6-4-2/h33-36,38,41H,4-32H2,1-3H3;13-15H,3-12H2,1-2H3,(H,17,18). The molecule has 8 atom stereocenters. The minimum Gasteiger partial charge on any atom is -0.481 e. The van der Waals surface area contributed by atoms with Crippen molar-refractivity contribution in [1.29, 1.82) is 0 Å². The summed E-state index contributed by atoms with van der Waals surface area (Å²) in [5, 5.41) is 18.4. The number of hydrogen-bond acceptors (Lipinski definition) is 9. The smallest absolute Gasteiger partial charge is 0.308 e. The van der Waals surface area contributed by atoms with Crippen molar-refractivity contribution in [1.82, 2.24) is 4.90 Å². The highest BCUT2D eigenvalue weighted by Crippen LogP contribution is 2.41. The van der Waals surface area contributed by atoms with Crippen LogP contribution in [0.5, 0.6) is 0 Å². The largest absolute Gasteiger partial charge is 0.481 e. The fourth-order valence-corrected chi connectivity index (χ4v) is 11.0. The summed E-state index contributed by atoms with van der Waals surface area (Å²) in [5.74, 6) is 2.37. The van der Waals surface area contributed by atoms with Gasteiger partial charge in [-0.2, -0.15) is 0 Å². The SMILES string of the molecule is CCCCCC1CCC(C(=O)O)CC1CCCC.CCCCCCC1CC(C(=O)OCCCCCCN(CCCCO)CCCCCCC(=O)OC2CCC(COC)O2)CCC1CCC. The topological polar surface area (TPSA) is 132 Å². The molecule has 2 saturated carbocycles. The van der Waals surface area contributed by atoms with E-state index in [1.54, 1.807) is 7.11 Å². The van der Waals surface area contributed by atoms with Gasteiger partial charge in [-0.3, -0.25) is 14.4 Å². The van der Waals surface area contributed by atoms with Crippen molar-refractivity contribution in [2.75, 3.05) is 46.6 Å². The van der Waals surface area contributed by atoms with Gasteiger partial charge in [0.2, 0.25) is 6.29 Å². The van der Waals surface area contributed by atoms with Crippen LogP contribution in [0.3, 0.4) is 0 Å². The molecule has 0 bridgehead atoms. The maximum atomic E-state index is 12.9. The van der Waals surface area contributed by atoms with Crippen LogP contribution in [-0.2, 0) is 33.3 Å². The molecule has 1 saturated heterocycles. The quantitative estimate of drug-likeness (QED) is 0.0458. The average Bonchev–Trinajstić information content (AvgIpc) is 3.74. The molecule has 8 unspecified atom stereocenters. The van der Waals surface area contributed by atoms with Crippen molar-refractivity contribution in [3.8, 4) is 0 Å². The van der Waals surface area contributed by atoms with Crippen LogP contribution >= 0.6 is 0 Å². The van der Waals surface area contributed by atoms with Gasteiger partial charge in [0.15, 0.2) is 0 Å². The van der Waals surface area contributed by atoms with Gasteiger partial charge in [0.1, 0.15) is 0 Å². The Morgan fingerprint density at radius 3 is 1.77 bits per heavy atom. The van der Waals surface area contributed by atoms with E-state index in [4.69, 9.17) is 18.9 Å². The number of carboxylic acids is 1. The normalized spacial score (nSPS) is 24.4. The van der Waals surface area contributed by atoms with Crippen molar-refractivity contribution in [3.05, 3.63) is 0 Å². The van der Waals surface area contributed by atoms with Gasteiger partial charge in [-0.05, 0) is 127 Å². The van der Waals surface area contributed by atoms with Crippen LogP contribution in [0.1, 0.15) is 240 Å². The number of aliphatic hydroxyl groups is 1. The van der Waals surface area contributed by atoms with Gasteiger partial charge in [-0.25, -0.2) is 0 Å². The first-order valence-electron chi connectivity index (χ1n) is 27.8. The highest BCUT2D eigenvalue weighted by Gasteiger charge is 2.35. The number of esters is 2. The number of rotatable bonds is 37. The molecule has 1 heterocycles. The third-order valence-corrected chi connectivity index (χ3v) is 14.9.